The van der Waals surface area contributed by atoms with E-state index in [-0.39, 0.29) is 6.04 Å². The third-order valence-electron chi connectivity index (χ3n) is 4.11. The van der Waals surface area contributed by atoms with Gasteiger partial charge in [-0.25, -0.2) is 0 Å². The molecule has 0 saturated carbocycles. The molecule has 1 nitrogen and oxygen atoms in total. The topological polar surface area (TPSA) is 26.0 Å². The number of benzene rings is 3. The number of hydrogen-bond donors (Lipinski definition) is 1. The first-order valence-electron chi connectivity index (χ1n) is 9.72. The molecule has 4 heteroatoms. The van der Waals surface area contributed by atoms with Crippen molar-refractivity contribution in [2.24, 2.45) is 5.73 Å². The predicted molar refractivity (Wildman–Crippen MR) is 113 cm³/mol. The van der Waals surface area contributed by atoms with Gasteiger partial charge in [0.1, 0.15) is 0 Å². The number of rotatable bonds is 3. The van der Waals surface area contributed by atoms with Crippen LogP contribution in [0.3, 0.4) is 0 Å². The highest BCUT2D eigenvalue weighted by molar-refractivity contribution is 5.86. The Kier molecular flexibility index (Phi) is 9.74. The van der Waals surface area contributed by atoms with Crippen molar-refractivity contribution in [3.8, 4) is 0 Å². The van der Waals surface area contributed by atoms with Crippen LogP contribution in [0.15, 0.2) is 66.7 Å². The molecule has 152 valence electrons. The molecule has 0 radical (unpaired) electrons. The molecule has 3 aromatic carbocycles. The summed E-state index contributed by atoms with van der Waals surface area (Å²) in [6.45, 7) is 7.96. The van der Waals surface area contributed by atoms with Crippen LogP contribution in [-0.2, 0) is 12.6 Å². The maximum Gasteiger partial charge on any atom is 0.416 e. The van der Waals surface area contributed by atoms with E-state index < -0.39 is 11.7 Å². The molecule has 0 fully saturated rings. The van der Waals surface area contributed by atoms with Gasteiger partial charge in [-0.3, -0.25) is 0 Å². The summed E-state index contributed by atoms with van der Waals surface area (Å²) in [7, 11) is 0. The molecule has 0 saturated heterocycles. The lowest BCUT2D eigenvalue weighted by Gasteiger charge is -2.09. The highest BCUT2D eigenvalue weighted by Crippen LogP contribution is 2.29. The van der Waals surface area contributed by atoms with Crippen LogP contribution in [0.5, 0.6) is 0 Å². The fourth-order valence-electron chi connectivity index (χ4n) is 2.84. The molecule has 0 amide bonds. The van der Waals surface area contributed by atoms with Crippen LogP contribution in [0, 0.1) is 0 Å². The third-order valence-corrected chi connectivity index (χ3v) is 4.11. The summed E-state index contributed by atoms with van der Waals surface area (Å²) < 4.78 is 36.6. The summed E-state index contributed by atoms with van der Waals surface area (Å²) in [4.78, 5) is 0. The van der Waals surface area contributed by atoms with E-state index in [0.717, 1.165) is 18.1 Å². The van der Waals surface area contributed by atoms with Gasteiger partial charge in [0.05, 0.1) is 5.56 Å². The van der Waals surface area contributed by atoms with E-state index in [1.165, 1.54) is 28.5 Å². The van der Waals surface area contributed by atoms with Gasteiger partial charge in [-0.05, 0) is 41.3 Å². The Hall–Kier alpha value is -2.33. The van der Waals surface area contributed by atoms with E-state index in [9.17, 15) is 13.2 Å². The molecule has 0 aliphatic rings. The minimum absolute atomic E-state index is 0.103. The summed E-state index contributed by atoms with van der Waals surface area (Å²) >= 11 is 0. The van der Waals surface area contributed by atoms with E-state index in [2.05, 4.69) is 30.3 Å². The van der Waals surface area contributed by atoms with Gasteiger partial charge in [-0.1, -0.05) is 87.9 Å². The summed E-state index contributed by atoms with van der Waals surface area (Å²) in [6, 6.07) is 20.2. The largest absolute Gasteiger partial charge is 0.416 e. The minimum atomic E-state index is -4.22. The van der Waals surface area contributed by atoms with Gasteiger partial charge < -0.3 is 5.73 Å². The number of halogens is 3. The van der Waals surface area contributed by atoms with Gasteiger partial charge in [0, 0.05) is 6.04 Å². The van der Waals surface area contributed by atoms with Crippen LogP contribution >= 0.6 is 0 Å². The van der Waals surface area contributed by atoms with Crippen LogP contribution < -0.4 is 5.73 Å². The van der Waals surface area contributed by atoms with Crippen molar-refractivity contribution in [3.05, 3.63) is 83.4 Å². The number of alkyl halides is 3. The molecule has 0 aliphatic heterocycles. The third kappa shape index (κ3) is 7.01. The zero-order chi connectivity index (χ0) is 21.2. The Labute approximate surface area is 166 Å². The van der Waals surface area contributed by atoms with Crippen LogP contribution in [0.4, 0.5) is 13.2 Å². The average Bonchev–Trinajstić information content (AvgIpc) is 2.69. The molecule has 2 N–H and O–H groups in total. The van der Waals surface area contributed by atoms with Gasteiger partial charge in [-0.15, -0.1) is 0 Å². The highest BCUT2D eigenvalue weighted by atomic mass is 19.4. The van der Waals surface area contributed by atoms with Crippen molar-refractivity contribution in [2.45, 2.75) is 52.8 Å². The van der Waals surface area contributed by atoms with Gasteiger partial charge in [-0.2, -0.15) is 13.2 Å². The van der Waals surface area contributed by atoms with Crippen molar-refractivity contribution in [3.63, 3.8) is 0 Å². The van der Waals surface area contributed by atoms with Crippen molar-refractivity contribution in [1.29, 1.82) is 0 Å². The fraction of sp³-hybridized carbons (Fsp3) is 0.333. The van der Waals surface area contributed by atoms with E-state index in [1.54, 1.807) is 6.07 Å². The van der Waals surface area contributed by atoms with Gasteiger partial charge in [0.2, 0.25) is 0 Å². The summed E-state index contributed by atoms with van der Waals surface area (Å²) in [5, 5.41) is 2.53. The lowest BCUT2D eigenvalue weighted by molar-refractivity contribution is -0.137. The lowest BCUT2D eigenvalue weighted by atomic mass is 10.0. The molecule has 0 bridgehead atoms. The first kappa shape index (κ1) is 23.7. The summed E-state index contributed by atoms with van der Waals surface area (Å²) in [6.07, 6.45) is -2.66. The molecule has 0 heterocycles. The molecule has 3 aromatic rings. The summed E-state index contributed by atoms with van der Waals surface area (Å²) in [5.41, 5.74) is 7.29. The van der Waals surface area contributed by atoms with Crippen LogP contribution in [0.1, 0.15) is 56.8 Å². The molecule has 0 aliphatic carbocycles. The van der Waals surface area contributed by atoms with Crippen LogP contribution in [-0.4, -0.2) is 0 Å². The Morgan fingerprint density at radius 1 is 0.893 bits per heavy atom. The fourth-order valence-corrected chi connectivity index (χ4v) is 2.84. The molecule has 0 aromatic heterocycles. The molecular weight excluding hydrogens is 359 g/mol. The van der Waals surface area contributed by atoms with Gasteiger partial charge in [0.25, 0.3) is 0 Å². The zero-order valence-corrected chi connectivity index (χ0v) is 17.1. The van der Waals surface area contributed by atoms with Crippen LogP contribution in [0.2, 0.25) is 0 Å². The molecular formula is C24H30F3N. The second-order valence-electron chi connectivity index (χ2n) is 6.31. The van der Waals surface area contributed by atoms with Crippen molar-refractivity contribution < 1.29 is 13.2 Å². The van der Waals surface area contributed by atoms with E-state index >= 15 is 0 Å². The smallest absolute Gasteiger partial charge is 0.324 e. The first-order valence-corrected chi connectivity index (χ1v) is 9.72. The van der Waals surface area contributed by atoms with Crippen LogP contribution in [0.25, 0.3) is 10.8 Å². The maximum absolute atomic E-state index is 12.2. The molecule has 0 spiro atoms. The monoisotopic (exact) mass is 389 g/mol. The SMILES string of the molecule is CC.CCCc1cccc(C(F)(F)F)c1.C[C@@H](N)c1cccc2ccccc12. The first-order chi connectivity index (χ1) is 13.3. The lowest BCUT2D eigenvalue weighted by Crippen LogP contribution is -2.05. The molecule has 3 rings (SSSR count). The molecule has 0 unspecified atom stereocenters. The Balaban J connectivity index is 0.000000257. The Morgan fingerprint density at radius 2 is 1.50 bits per heavy atom. The number of hydrogen-bond acceptors (Lipinski definition) is 1. The number of aryl methyl sites for hydroxylation is 1. The average molecular weight is 390 g/mol. The van der Waals surface area contributed by atoms with Gasteiger partial charge >= 0.3 is 6.18 Å². The Morgan fingerprint density at radius 3 is 2.11 bits per heavy atom. The van der Waals surface area contributed by atoms with E-state index in [4.69, 9.17) is 5.73 Å². The normalized spacial score (nSPS) is 11.7. The highest BCUT2D eigenvalue weighted by Gasteiger charge is 2.30. The minimum Gasteiger partial charge on any atom is -0.324 e. The number of fused-ring (bicyclic) bond motifs is 1. The maximum atomic E-state index is 12.2. The second-order valence-corrected chi connectivity index (χ2v) is 6.31. The second kappa shape index (κ2) is 11.5. The predicted octanol–water partition coefficient (Wildman–Crippen LogP) is 7.54. The standard InChI is InChI=1S/C12H13N.C10H11F3.C2H6/c1-9(13)11-8-4-6-10-5-2-3-7-12(10)11;1-2-4-8-5-3-6-9(7-8)10(11,12)13;1-2/h2-9H,13H2,1H3;3,5-7H,2,4H2,1H3;1-2H3/t9-;;/m1../s1. The Bertz CT molecular complexity index is 833. The van der Waals surface area contributed by atoms with Gasteiger partial charge in [0.15, 0.2) is 0 Å². The van der Waals surface area contributed by atoms with E-state index in [0.29, 0.717) is 6.42 Å². The molecule has 28 heavy (non-hydrogen) atoms. The molecule has 1 atom stereocenters. The quantitative estimate of drug-likeness (QED) is 0.492. The van der Waals surface area contributed by atoms with E-state index in [1.807, 2.05) is 39.8 Å². The van der Waals surface area contributed by atoms with Crippen molar-refractivity contribution >= 4 is 10.8 Å². The number of nitrogens with two attached hydrogens (primary N) is 1. The summed E-state index contributed by atoms with van der Waals surface area (Å²) in [5.74, 6) is 0. The zero-order valence-electron chi connectivity index (χ0n) is 17.1. The van der Waals surface area contributed by atoms with Crippen molar-refractivity contribution in [2.75, 3.05) is 0 Å². The van der Waals surface area contributed by atoms with Crippen molar-refractivity contribution in [1.82, 2.24) is 0 Å².